The lowest BCUT2D eigenvalue weighted by Gasteiger charge is -2.34. The number of aryl methyl sites for hydroxylation is 2. The van der Waals surface area contributed by atoms with Crippen molar-refractivity contribution >= 4 is 43.5 Å². The Hall–Kier alpha value is -3.95. The molecule has 0 aromatic heterocycles. The van der Waals surface area contributed by atoms with E-state index in [0.717, 1.165) is 26.7 Å². The van der Waals surface area contributed by atoms with Gasteiger partial charge >= 0.3 is 0 Å². The van der Waals surface area contributed by atoms with Crippen LogP contribution in [0.2, 0.25) is 0 Å². The van der Waals surface area contributed by atoms with Gasteiger partial charge in [0.1, 0.15) is 12.6 Å². The Labute approximate surface area is 275 Å². The molecule has 0 aliphatic rings. The maximum absolute atomic E-state index is 14.6. The number of hydrogen-bond donors (Lipinski definition) is 1. The van der Waals surface area contributed by atoms with Gasteiger partial charge in [0, 0.05) is 24.0 Å². The fourth-order valence-electron chi connectivity index (χ4n) is 5.08. The maximum atomic E-state index is 14.6. The van der Waals surface area contributed by atoms with Gasteiger partial charge in [-0.05, 0) is 66.8 Å². The third-order valence-corrected chi connectivity index (χ3v) is 9.76. The van der Waals surface area contributed by atoms with Crippen LogP contribution >= 0.6 is 15.9 Å². The number of hydrogen-bond acceptors (Lipinski definition) is 4. The number of amides is 2. The Kier molecular flexibility index (Phi) is 11.6. The van der Waals surface area contributed by atoms with Crippen LogP contribution in [0.3, 0.4) is 0 Å². The molecule has 0 fully saturated rings. The van der Waals surface area contributed by atoms with Gasteiger partial charge in [0.05, 0.1) is 10.6 Å². The molecule has 7 nitrogen and oxygen atoms in total. The molecule has 4 aromatic carbocycles. The quantitative estimate of drug-likeness (QED) is 0.170. The van der Waals surface area contributed by atoms with Gasteiger partial charge in [-0.1, -0.05) is 108 Å². The number of anilines is 1. The zero-order chi connectivity index (χ0) is 32.6. The van der Waals surface area contributed by atoms with E-state index in [0.29, 0.717) is 12.2 Å². The molecule has 0 saturated carbocycles. The minimum Gasteiger partial charge on any atom is -0.354 e. The van der Waals surface area contributed by atoms with E-state index in [1.54, 1.807) is 24.3 Å². The summed E-state index contributed by atoms with van der Waals surface area (Å²) in [5.41, 5.74) is 3.80. The van der Waals surface area contributed by atoms with Crippen LogP contribution in [0, 0.1) is 19.8 Å². The summed E-state index contributed by atoms with van der Waals surface area (Å²) in [5, 5.41) is 3.02. The van der Waals surface area contributed by atoms with Crippen molar-refractivity contribution in [2.24, 2.45) is 5.92 Å². The van der Waals surface area contributed by atoms with Crippen LogP contribution in [0.25, 0.3) is 0 Å². The smallest absolute Gasteiger partial charge is 0.264 e. The molecule has 236 valence electrons. The van der Waals surface area contributed by atoms with Gasteiger partial charge in [-0.3, -0.25) is 13.9 Å². The number of nitrogens with zero attached hydrogens (tertiary/aromatic N) is 2. The van der Waals surface area contributed by atoms with E-state index in [1.807, 2.05) is 94.4 Å². The number of nitrogens with one attached hydrogen (secondary N) is 1. The van der Waals surface area contributed by atoms with Crippen molar-refractivity contribution in [2.45, 2.75) is 51.6 Å². The van der Waals surface area contributed by atoms with Crippen LogP contribution in [-0.4, -0.2) is 44.3 Å². The van der Waals surface area contributed by atoms with Crippen LogP contribution in [-0.2, 0) is 32.6 Å². The fourth-order valence-corrected chi connectivity index (χ4v) is 6.85. The zero-order valence-electron chi connectivity index (χ0n) is 26.1. The Morgan fingerprint density at radius 1 is 0.822 bits per heavy atom. The summed E-state index contributed by atoms with van der Waals surface area (Å²) in [6.45, 7) is 7.85. The molecule has 45 heavy (non-hydrogen) atoms. The monoisotopic (exact) mass is 689 g/mol. The van der Waals surface area contributed by atoms with Gasteiger partial charge in [-0.25, -0.2) is 8.42 Å². The molecule has 1 unspecified atom stereocenters. The van der Waals surface area contributed by atoms with E-state index in [1.165, 1.54) is 21.3 Å². The standard InChI is InChI=1S/C36H40BrN3O4S/c1-26(2)23-38-36(42)34(22-29-11-7-5-8-12-29)39(24-30-16-18-31(37)19-17-30)35(41)25-40(33-20-15-27(3)21-28(33)4)45(43,44)32-13-9-6-10-14-32/h5-21,26,34H,22-25H2,1-4H3,(H,38,42). The van der Waals surface area contributed by atoms with Crippen LogP contribution in [0.15, 0.2) is 112 Å². The lowest BCUT2D eigenvalue weighted by Crippen LogP contribution is -2.53. The predicted octanol–water partition coefficient (Wildman–Crippen LogP) is 6.67. The number of carbonyl (C=O) groups excluding carboxylic acids is 2. The molecule has 0 heterocycles. The average Bonchev–Trinajstić information content (AvgIpc) is 3.02. The van der Waals surface area contributed by atoms with Gasteiger partial charge in [-0.15, -0.1) is 0 Å². The normalized spacial score (nSPS) is 12.0. The van der Waals surface area contributed by atoms with E-state index in [-0.39, 0.29) is 29.7 Å². The molecule has 2 amide bonds. The van der Waals surface area contributed by atoms with Crippen molar-refractivity contribution in [3.8, 4) is 0 Å². The largest absolute Gasteiger partial charge is 0.354 e. The van der Waals surface area contributed by atoms with Gasteiger partial charge in [0.25, 0.3) is 10.0 Å². The Morgan fingerprint density at radius 2 is 1.44 bits per heavy atom. The van der Waals surface area contributed by atoms with Crippen molar-refractivity contribution < 1.29 is 18.0 Å². The Balaban J connectivity index is 1.81. The summed E-state index contributed by atoms with van der Waals surface area (Å²) in [5.74, 6) is -0.571. The first-order chi connectivity index (χ1) is 21.5. The summed E-state index contributed by atoms with van der Waals surface area (Å²) in [6, 6.07) is 29.7. The number of carbonyl (C=O) groups is 2. The molecule has 0 radical (unpaired) electrons. The van der Waals surface area contributed by atoms with E-state index in [4.69, 9.17) is 0 Å². The highest BCUT2D eigenvalue weighted by atomic mass is 79.9. The Bertz CT molecular complexity index is 1700. The molecule has 0 spiro atoms. The summed E-state index contributed by atoms with van der Waals surface area (Å²) in [4.78, 5) is 30.0. The van der Waals surface area contributed by atoms with Crippen molar-refractivity contribution in [3.05, 3.63) is 130 Å². The highest BCUT2D eigenvalue weighted by molar-refractivity contribution is 9.10. The number of sulfonamides is 1. The molecule has 4 rings (SSSR count). The molecule has 0 aliphatic carbocycles. The number of benzene rings is 4. The van der Waals surface area contributed by atoms with E-state index >= 15 is 0 Å². The average molecular weight is 691 g/mol. The third-order valence-electron chi connectivity index (χ3n) is 7.45. The first-order valence-corrected chi connectivity index (χ1v) is 17.2. The van der Waals surface area contributed by atoms with Crippen molar-refractivity contribution in [1.82, 2.24) is 10.2 Å². The molecule has 0 bridgehead atoms. The first kappa shape index (κ1) is 33.9. The molecule has 1 atom stereocenters. The van der Waals surface area contributed by atoms with Gasteiger partial charge in [0.15, 0.2) is 0 Å². The molecule has 4 aromatic rings. The minimum absolute atomic E-state index is 0.0766. The minimum atomic E-state index is -4.14. The van der Waals surface area contributed by atoms with Crippen LogP contribution < -0.4 is 9.62 Å². The predicted molar refractivity (Wildman–Crippen MR) is 183 cm³/mol. The van der Waals surface area contributed by atoms with E-state index in [9.17, 15) is 18.0 Å². The zero-order valence-corrected chi connectivity index (χ0v) is 28.5. The van der Waals surface area contributed by atoms with Crippen LogP contribution in [0.4, 0.5) is 5.69 Å². The van der Waals surface area contributed by atoms with E-state index < -0.39 is 28.5 Å². The molecule has 0 aliphatic heterocycles. The molecular weight excluding hydrogens is 650 g/mol. The van der Waals surface area contributed by atoms with Crippen LogP contribution in [0.1, 0.15) is 36.1 Å². The molecular formula is C36H40BrN3O4S. The van der Waals surface area contributed by atoms with Gasteiger partial charge < -0.3 is 10.2 Å². The third kappa shape index (κ3) is 9.05. The topological polar surface area (TPSA) is 86.8 Å². The van der Waals surface area contributed by atoms with Gasteiger partial charge in [0.2, 0.25) is 11.8 Å². The highest BCUT2D eigenvalue weighted by Gasteiger charge is 2.35. The first-order valence-electron chi connectivity index (χ1n) is 15.0. The van der Waals surface area contributed by atoms with Crippen molar-refractivity contribution in [3.63, 3.8) is 0 Å². The van der Waals surface area contributed by atoms with Gasteiger partial charge in [-0.2, -0.15) is 0 Å². The SMILES string of the molecule is Cc1ccc(N(CC(=O)N(Cc2ccc(Br)cc2)C(Cc2ccccc2)C(=O)NCC(C)C)S(=O)(=O)c2ccccc2)c(C)c1. The Morgan fingerprint density at radius 3 is 2.04 bits per heavy atom. The van der Waals surface area contributed by atoms with Crippen LogP contribution in [0.5, 0.6) is 0 Å². The lowest BCUT2D eigenvalue weighted by molar-refractivity contribution is -0.140. The summed E-state index contributed by atoms with van der Waals surface area (Å²) in [6.07, 6.45) is 0.266. The maximum Gasteiger partial charge on any atom is 0.264 e. The summed E-state index contributed by atoms with van der Waals surface area (Å²) >= 11 is 3.47. The summed E-state index contributed by atoms with van der Waals surface area (Å²) in [7, 11) is -4.14. The fraction of sp³-hybridized carbons (Fsp3) is 0.278. The molecule has 0 saturated heterocycles. The second-order valence-electron chi connectivity index (χ2n) is 11.6. The second-order valence-corrected chi connectivity index (χ2v) is 14.4. The second kappa shape index (κ2) is 15.4. The number of rotatable bonds is 13. The lowest BCUT2D eigenvalue weighted by atomic mass is 10.0. The van der Waals surface area contributed by atoms with Crippen molar-refractivity contribution in [1.29, 1.82) is 0 Å². The van der Waals surface area contributed by atoms with E-state index in [2.05, 4.69) is 21.2 Å². The number of halogens is 1. The van der Waals surface area contributed by atoms with Crippen molar-refractivity contribution in [2.75, 3.05) is 17.4 Å². The summed E-state index contributed by atoms with van der Waals surface area (Å²) < 4.78 is 30.4. The molecule has 9 heteroatoms. The highest BCUT2D eigenvalue weighted by Crippen LogP contribution is 2.28. The molecule has 1 N–H and O–H groups in total.